The number of nitrogens with zero attached hydrogens (tertiary/aromatic N) is 1. The van der Waals surface area contributed by atoms with E-state index in [1.165, 1.54) is 31.5 Å². The summed E-state index contributed by atoms with van der Waals surface area (Å²) in [6.45, 7) is 3.83. The molecule has 31 heavy (non-hydrogen) atoms. The lowest BCUT2D eigenvalue weighted by Gasteiger charge is -2.29. The van der Waals surface area contributed by atoms with Crippen molar-refractivity contribution >= 4 is 27.0 Å². The lowest BCUT2D eigenvalue weighted by atomic mass is 10.1. The van der Waals surface area contributed by atoms with E-state index in [2.05, 4.69) is 0 Å². The molecule has 1 aliphatic heterocycles. The highest BCUT2D eigenvalue weighted by Crippen LogP contribution is 2.41. The van der Waals surface area contributed by atoms with E-state index in [9.17, 15) is 17.6 Å². The first kappa shape index (κ1) is 20.8. The summed E-state index contributed by atoms with van der Waals surface area (Å²) in [6.07, 6.45) is 1.28. The first-order valence-electron chi connectivity index (χ1n) is 9.53. The van der Waals surface area contributed by atoms with Crippen LogP contribution in [0.1, 0.15) is 21.5 Å². The van der Waals surface area contributed by atoms with Crippen molar-refractivity contribution in [1.82, 2.24) is 0 Å². The molecule has 0 aromatic heterocycles. The summed E-state index contributed by atoms with van der Waals surface area (Å²) in [5.41, 5.74) is 2.92. The Morgan fingerprint density at radius 2 is 1.58 bits per heavy atom. The first-order chi connectivity index (χ1) is 14.7. The number of aryl methyl sites for hydroxylation is 2. The number of hydrogen-bond donors (Lipinski definition) is 0. The second-order valence-electron chi connectivity index (χ2n) is 7.38. The van der Waals surface area contributed by atoms with Gasteiger partial charge in [-0.15, -0.1) is 0 Å². The van der Waals surface area contributed by atoms with Crippen LogP contribution < -0.4 is 9.64 Å². The molecule has 5 nitrogen and oxygen atoms in total. The highest BCUT2D eigenvalue weighted by Gasteiger charge is 2.36. The molecule has 4 rings (SSSR count). The number of carbonyl (C=O) groups is 1. The summed E-state index contributed by atoms with van der Waals surface area (Å²) in [4.78, 5) is 14.3. The van der Waals surface area contributed by atoms with Crippen molar-refractivity contribution in [3.05, 3.63) is 94.3 Å². The van der Waals surface area contributed by atoms with E-state index in [0.29, 0.717) is 11.4 Å². The van der Waals surface area contributed by atoms with Gasteiger partial charge in [-0.3, -0.25) is 4.79 Å². The topological polar surface area (TPSA) is 63.7 Å². The maximum Gasteiger partial charge on any atom is 0.214 e. The molecular formula is C24H20FNO4S. The largest absolute Gasteiger partial charge is 0.497 e. The Hall–Kier alpha value is -3.45. The third-order valence-corrected chi connectivity index (χ3v) is 6.86. The van der Waals surface area contributed by atoms with Crippen LogP contribution in [0.5, 0.6) is 5.75 Å². The fraction of sp³-hybridized carbons (Fsp3) is 0.125. The molecule has 0 unspecified atom stereocenters. The van der Waals surface area contributed by atoms with Gasteiger partial charge in [-0.25, -0.2) is 12.8 Å². The number of carbonyl (C=O) groups excluding carboxylic acids is 1. The number of halogens is 1. The monoisotopic (exact) mass is 437 g/mol. The number of anilines is 2. The Bertz CT molecular complexity index is 1310. The normalized spacial score (nSPS) is 14.6. The molecule has 1 aliphatic rings. The minimum absolute atomic E-state index is 0.118. The maximum atomic E-state index is 14.1. The van der Waals surface area contributed by atoms with Crippen LogP contribution in [-0.4, -0.2) is 21.3 Å². The number of rotatable bonds is 4. The number of methoxy groups -OCH3 is 1. The molecule has 7 heteroatoms. The second-order valence-corrected chi connectivity index (χ2v) is 9.27. The van der Waals surface area contributed by atoms with Gasteiger partial charge in [0.05, 0.1) is 17.7 Å². The Labute approximate surface area is 180 Å². The quantitative estimate of drug-likeness (QED) is 0.420. The van der Waals surface area contributed by atoms with Gasteiger partial charge in [0.2, 0.25) is 15.6 Å². The van der Waals surface area contributed by atoms with E-state index in [1.807, 2.05) is 32.0 Å². The van der Waals surface area contributed by atoms with Crippen LogP contribution in [0.4, 0.5) is 15.8 Å². The zero-order chi connectivity index (χ0) is 22.3. The number of Topliss-reactive ketones (excluding diaryl/α,β-unsaturated/α-hetero) is 1. The summed E-state index contributed by atoms with van der Waals surface area (Å²) < 4.78 is 45.8. The smallest absolute Gasteiger partial charge is 0.214 e. The molecule has 0 saturated heterocycles. The Morgan fingerprint density at radius 3 is 2.19 bits per heavy atom. The van der Waals surface area contributed by atoms with Crippen molar-refractivity contribution in [2.75, 3.05) is 12.0 Å². The van der Waals surface area contributed by atoms with Gasteiger partial charge in [-0.05, 0) is 79.6 Å². The minimum atomic E-state index is -4.15. The number of fused-ring (bicyclic) bond motifs is 1. The molecule has 0 aliphatic carbocycles. The van der Waals surface area contributed by atoms with E-state index in [0.717, 1.165) is 23.3 Å². The van der Waals surface area contributed by atoms with Crippen LogP contribution in [0.15, 0.2) is 76.7 Å². The molecule has 0 saturated carbocycles. The van der Waals surface area contributed by atoms with Gasteiger partial charge < -0.3 is 9.64 Å². The number of ether oxygens (including phenoxy) is 1. The molecule has 158 valence electrons. The van der Waals surface area contributed by atoms with Crippen molar-refractivity contribution in [3.8, 4) is 5.75 Å². The van der Waals surface area contributed by atoms with Crippen LogP contribution in [0.25, 0.3) is 0 Å². The molecule has 1 heterocycles. The molecule has 0 atom stereocenters. The fourth-order valence-corrected chi connectivity index (χ4v) is 5.17. The zero-order valence-corrected chi connectivity index (χ0v) is 18.0. The van der Waals surface area contributed by atoms with Crippen molar-refractivity contribution in [3.63, 3.8) is 0 Å². The number of ketones is 1. The third-order valence-electron chi connectivity index (χ3n) is 5.07. The number of allylic oxidation sites excluding steroid dienone is 1. The Kier molecular flexibility index (Phi) is 5.15. The van der Waals surface area contributed by atoms with Crippen molar-refractivity contribution < 1.29 is 22.3 Å². The van der Waals surface area contributed by atoms with Gasteiger partial charge in [0.25, 0.3) is 0 Å². The number of benzene rings is 3. The summed E-state index contributed by atoms with van der Waals surface area (Å²) >= 11 is 0. The molecule has 0 bridgehead atoms. The highest BCUT2D eigenvalue weighted by molar-refractivity contribution is 7.96. The lowest BCUT2D eigenvalue weighted by Crippen LogP contribution is -2.26. The average molecular weight is 437 g/mol. The van der Waals surface area contributed by atoms with E-state index in [1.54, 1.807) is 17.0 Å². The molecule has 3 aromatic carbocycles. The molecule has 3 aromatic rings. The van der Waals surface area contributed by atoms with Crippen molar-refractivity contribution in [1.29, 1.82) is 0 Å². The molecular weight excluding hydrogens is 417 g/mol. The second kappa shape index (κ2) is 7.67. The lowest BCUT2D eigenvalue weighted by molar-refractivity contribution is 0.104. The predicted octanol–water partition coefficient (Wildman–Crippen LogP) is 5.10. The van der Waals surface area contributed by atoms with E-state index < -0.39 is 21.4 Å². The minimum Gasteiger partial charge on any atom is -0.497 e. The summed E-state index contributed by atoms with van der Waals surface area (Å²) in [7, 11) is -2.65. The maximum absolute atomic E-state index is 14.1. The van der Waals surface area contributed by atoms with E-state index in [4.69, 9.17) is 4.74 Å². The van der Waals surface area contributed by atoms with Gasteiger partial charge >= 0.3 is 0 Å². The summed E-state index contributed by atoms with van der Waals surface area (Å²) in [5, 5.41) is 0. The van der Waals surface area contributed by atoms with Gasteiger partial charge in [-0.2, -0.15) is 0 Å². The van der Waals surface area contributed by atoms with Gasteiger partial charge in [0, 0.05) is 17.5 Å². The van der Waals surface area contributed by atoms with Gasteiger partial charge in [0.15, 0.2) is 0 Å². The number of sulfone groups is 1. The predicted molar refractivity (Wildman–Crippen MR) is 117 cm³/mol. The molecule has 0 spiro atoms. The summed E-state index contributed by atoms with van der Waals surface area (Å²) in [5.74, 6) is -0.664. The van der Waals surface area contributed by atoms with Crippen molar-refractivity contribution in [2.45, 2.75) is 18.7 Å². The SMILES string of the molecule is COc1ccc(C(=O)C2=CN(c3cc(C)cc(C)c3)c3cc(F)ccc3S2(=O)=O)cc1. The first-order valence-corrected chi connectivity index (χ1v) is 11.0. The van der Waals surface area contributed by atoms with E-state index >= 15 is 0 Å². The highest BCUT2D eigenvalue weighted by atomic mass is 32.2. The van der Waals surface area contributed by atoms with Crippen molar-refractivity contribution in [2.24, 2.45) is 0 Å². The average Bonchev–Trinajstić information content (AvgIpc) is 2.72. The van der Waals surface area contributed by atoms with Crippen LogP contribution in [0.2, 0.25) is 0 Å². The molecule has 0 fully saturated rings. The third kappa shape index (κ3) is 3.72. The van der Waals surface area contributed by atoms with E-state index in [-0.39, 0.29) is 21.1 Å². The summed E-state index contributed by atoms with van der Waals surface area (Å²) in [6, 6.07) is 15.3. The van der Waals surface area contributed by atoms with Crippen LogP contribution >= 0.6 is 0 Å². The zero-order valence-electron chi connectivity index (χ0n) is 17.2. The van der Waals surface area contributed by atoms with Crippen LogP contribution in [-0.2, 0) is 9.84 Å². The molecule has 0 N–H and O–H groups in total. The van der Waals surface area contributed by atoms with Gasteiger partial charge in [0.1, 0.15) is 16.5 Å². The molecule has 0 radical (unpaired) electrons. The molecule has 0 amide bonds. The fourth-order valence-electron chi connectivity index (χ4n) is 3.65. The Balaban J connectivity index is 1.92. The van der Waals surface area contributed by atoms with Gasteiger partial charge in [-0.1, -0.05) is 6.07 Å². The Morgan fingerprint density at radius 1 is 0.935 bits per heavy atom. The van der Waals surface area contributed by atoms with Crippen LogP contribution in [0, 0.1) is 19.7 Å². The number of hydrogen-bond acceptors (Lipinski definition) is 5. The van der Waals surface area contributed by atoms with Crippen LogP contribution in [0.3, 0.4) is 0 Å². The standard InChI is InChI=1S/C24H20FNO4S/c1-15-10-16(2)12-19(11-15)26-14-23(24(27)17-4-7-20(30-3)8-5-17)31(28,29)22-9-6-18(25)13-21(22)26/h4-14H,1-3H3.